The molecule has 1 aromatic heterocycles. The van der Waals surface area contributed by atoms with Crippen LogP contribution in [0.4, 0.5) is 17.6 Å². The maximum atomic E-state index is 12.9. The first-order valence-corrected chi connectivity index (χ1v) is 6.16. The summed E-state index contributed by atoms with van der Waals surface area (Å²) in [5, 5.41) is 0.598. The minimum Gasteiger partial charge on any atom is -0.355 e. The highest BCUT2D eigenvalue weighted by atomic mass is 32.2. The van der Waals surface area contributed by atoms with Crippen molar-refractivity contribution < 1.29 is 30.2 Å². The van der Waals surface area contributed by atoms with Crippen LogP contribution in [-0.2, 0) is 10.1 Å². The molecule has 0 amide bonds. The minimum atomic E-state index is -5.79. The van der Waals surface area contributed by atoms with Crippen LogP contribution in [0.25, 0.3) is 10.8 Å². The zero-order chi connectivity index (χ0) is 14.3. The molecular weight excluding hydrogens is 290 g/mol. The van der Waals surface area contributed by atoms with Gasteiger partial charge >= 0.3 is 15.6 Å². The molecular formula is C10H5F4NO3S. The van der Waals surface area contributed by atoms with Crippen LogP contribution in [0.5, 0.6) is 5.88 Å². The number of rotatable bonds is 2. The van der Waals surface area contributed by atoms with Gasteiger partial charge in [0.15, 0.2) is 0 Å². The summed E-state index contributed by atoms with van der Waals surface area (Å²) in [6.45, 7) is 0. The maximum Gasteiger partial charge on any atom is 0.534 e. The molecule has 0 aliphatic rings. The van der Waals surface area contributed by atoms with Gasteiger partial charge in [0.05, 0.1) is 0 Å². The quantitative estimate of drug-likeness (QED) is 0.485. The third-order valence-electron chi connectivity index (χ3n) is 2.14. The molecule has 102 valence electrons. The maximum absolute atomic E-state index is 12.9. The predicted octanol–water partition coefficient (Wildman–Crippen LogP) is 2.60. The molecule has 0 N–H and O–H groups in total. The van der Waals surface area contributed by atoms with Crippen molar-refractivity contribution in [2.45, 2.75) is 5.51 Å². The van der Waals surface area contributed by atoms with Gasteiger partial charge in [-0.05, 0) is 23.6 Å². The molecule has 0 spiro atoms. The summed E-state index contributed by atoms with van der Waals surface area (Å²) in [5.41, 5.74) is -5.55. The lowest BCUT2D eigenvalue weighted by atomic mass is 10.2. The van der Waals surface area contributed by atoms with Crippen molar-refractivity contribution in [2.24, 2.45) is 0 Å². The predicted molar refractivity (Wildman–Crippen MR) is 57.3 cm³/mol. The van der Waals surface area contributed by atoms with Crippen molar-refractivity contribution in [3.05, 3.63) is 36.3 Å². The van der Waals surface area contributed by atoms with Crippen molar-refractivity contribution in [3.63, 3.8) is 0 Å². The second-order valence-electron chi connectivity index (χ2n) is 3.50. The first-order valence-electron chi connectivity index (χ1n) is 4.75. The first kappa shape index (κ1) is 13.5. The fourth-order valence-electron chi connectivity index (χ4n) is 1.30. The second-order valence-corrected chi connectivity index (χ2v) is 5.04. The van der Waals surface area contributed by atoms with Gasteiger partial charge < -0.3 is 4.18 Å². The van der Waals surface area contributed by atoms with E-state index in [1.807, 2.05) is 0 Å². The van der Waals surface area contributed by atoms with Crippen LogP contribution in [0.3, 0.4) is 0 Å². The Morgan fingerprint density at radius 2 is 1.79 bits per heavy atom. The number of hydrogen-bond acceptors (Lipinski definition) is 4. The van der Waals surface area contributed by atoms with Gasteiger partial charge in [-0.25, -0.2) is 9.37 Å². The second kappa shape index (κ2) is 4.34. The van der Waals surface area contributed by atoms with Crippen LogP contribution in [-0.4, -0.2) is 18.9 Å². The number of aromatic nitrogens is 1. The molecule has 4 nitrogen and oxygen atoms in total. The lowest BCUT2D eigenvalue weighted by Crippen LogP contribution is -2.28. The molecule has 19 heavy (non-hydrogen) atoms. The highest BCUT2D eigenvalue weighted by Gasteiger charge is 2.48. The Morgan fingerprint density at radius 3 is 2.42 bits per heavy atom. The molecule has 0 aliphatic carbocycles. The zero-order valence-corrected chi connectivity index (χ0v) is 9.80. The van der Waals surface area contributed by atoms with Crippen LogP contribution >= 0.6 is 0 Å². The molecule has 9 heteroatoms. The molecule has 0 radical (unpaired) electrons. The molecule has 0 unspecified atom stereocenters. The average Bonchev–Trinajstić information content (AvgIpc) is 2.26. The van der Waals surface area contributed by atoms with Crippen LogP contribution in [0.2, 0.25) is 0 Å². The minimum absolute atomic E-state index is 0.169. The van der Waals surface area contributed by atoms with Crippen LogP contribution in [0.15, 0.2) is 30.5 Å². The Bertz CT molecular complexity index is 727. The van der Waals surface area contributed by atoms with Gasteiger partial charge in [0.1, 0.15) is 5.82 Å². The monoisotopic (exact) mass is 295 g/mol. The van der Waals surface area contributed by atoms with Crippen LogP contribution < -0.4 is 4.18 Å². The van der Waals surface area contributed by atoms with Gasteiger partial charge in [-0.15, -0.1) is 0 Å². The van der Waals surface area contributed by atoms with Gasteiger partial charge in [-0.3, -0.25) is 0 Å². The Hall–Kier alpha value is -1.90. The molecule has 1 aromatic carbocycles. The lowest BCUT2D eigenvalue weighted by molar-refractivity contribution is -0.0501. The third kappa shape index (κ3) is 2.75. The van der Waals surface area contributed by atoms with E-state index in [2.05, 4.69) is 9.17 Å². The molecule has 0 saturated heterocycles. The molecule has 2 rings (SSSR count). The SMILES string of the molecule is O=S(=O)(Oc1cc2cc(F)ccc2cn1)C(F)(F)F. The van der Waals surface area contributed by atoms with Crippen molar-refractivity contribution in [3.8, 4) is 5.88 Å². The smallest absolute Gasteiger partial charge is 0.355 e. The number of alkyl halides is 3. The molecule has 0 fully saturated rings. The molecule has 0 saturated carbocycles. The molecule has 1 heterocycles. The van der Waals surface area contributed by atoms with Gasteiger partial charge in [-0.2, -0.15) is 21.6 Å². The van der Waals surface area contributed by atoms with Crippen molar-refractivity contribution in [1.29, 1.82) is 0 Å². The standard InChI is InChI=1S/C10H5F4NO3S/c11-8-2-1-6-5-15-9(4-7(6)3-8)18-19(16,17)10(12,13)14/h1-5H. The summed E-state index contributed by atoms with van der Waals surface area (Å²) in [6, 6.07) is 4.41. The van der Waals surface area contributed by atoms with Crippen LogP contribution in [0, 0.1) is 5.82 Å². The summed E-state index contributed by atoms with van der Waals surface area (Å²) >= 11 is 0. The van der Waals surface area contributed by atoms with Crippen LogP contribution in [0.1, 0.15) is 0 Å². The van der Waals surface area contributed by atoms with E-state index in [-0.39, 0.29) is 5.39 Å². The molecule has 0 atom stereocenters. The van der Waals surface area contributed by atoms with E-state index in [9.17, 15) is 26.0 Å². The van der Waals surface area contributed by atoms with E-state index in [1.54, 1.807) is 0 Å². The summed E-state index contributed by atoms with van der Waals surface area (Å²) < 4.78 is 74.6. The van der Waals surface area contributed by atoms with Gasteiger partial charge in [0.2, 0.25) is 5.88 Å². The number of halogens is 4. The fourth-order valence-corrected chi connectivity index (χ4v) is 1.71. The van der Waals surface area contributed by atoms with E-state index in [1.165, 1.54) is 6.07 Å². The van der Waals surface area contributed by atoms with Gasteiger partial charge in [0, 0.05) is 17.6 Å². The lowest BCUT2D eigenvalue weighted by Gasteiger charge is -2.08. The summed E-state index contributed by atoms with van der Waals surface area (Å²) in [7, 11) is -5.79. The van der Waals surface area contributed by atoms with E-state index >= 15 is 0 Å². The Labute approximate surface area is 104 Å². The molecule has 0 bridgehead atoms. The Kier molecular flexibility index (Phi) is 3.09. The highest BCUT2D eigenvalue weighted by molar-refractivity contribution is 7.87. The normalized spacial score (nSPS) is 12.6. The van der Waals surface area contributed by atoms with Gasteiger partial charge in [-0.1, -0.05) is 0 Å². The number of pyridine rings is 1. The Morgan fingerprint density at radius 1 is 1.11 bits per heavy atom. The number of nitrogens with zero attached hydrogens (tertiary/aromatic N) is 1. The van der Waals surface area contributed by atoms with E-state index in [0.29, 0.717) is 5.39 Å². The summed E-state index contributed by atoms with van der Waals surface area (Å²) in [5.74, 6) is -1.40. The van der Waals surface area contributed by atoms with E-state index < -0.39 is 27.3 Å². The molecule has 2 aromatic rings. The third-order valence-corrected chi connectivity index (χ3v) is 3.09. The summed E-state index contributed by atoms with van der Waals surface area (Å²) in [4.78, 5) is 3.41. The van der Waals surface area contributed by atoms with Crippen molar-refractivity contribution in [2.75, 3.05) is 0 Å². The van der Waals surface area contributed by atoms with Gasteiger partial charge in [0.25, 0.3) is 0 Å². The summed E-state index contributed by atoms with van der Waals surface area (Å²) in [6.07, 6.45) is 1.08. The Balaban J connectivity index is 2.42. The number of benzene rings is 1. The number of fused-ring (bicyclic) bond motifs is 1. The fraction of sp³-hybridized carbons (Fsp3) is 0.100. The average molecular weight is 295 g/mol. The van der Waals surface area contributed by atoms with Crippen molar-refractivity contribution in [1.82, 2.24) is 4.98 Å². The number of hydrogen-bond donors (Lipinski definition) is 0. The van der Waals surface area contributed by atoms with E-state index in [0.717, 1.165) is 24.4 Å². The van der Waals surface area contributed by atoms with E-state index in [4.69, 9.17) is 0 Å². The van der Waals surface area contributed by atoms with Crippen molar-refractivity contribution >= 4 is 20.9 Å². The first-order chi connectivity index (χ1) is 8.69. The largest absolute Gasteiger partial charge is 0.534 e. The topological polar surface area (TPSA) is 56.3 Å². The highest BCUT2D eigenvalue weighted by Crippen LogP contribution is 2.27. The molecule has 0 aliphatic heterocycles. The zero-order valence-electron chi connectivity index (χ0n) is 8.98.